The first kappa shape index (κ1) is 11.3. The van der Waals surface area contributed by atoms with E-state index in [0.29, 0.717) is 12.2 Å². The molecule has 0 saturated heterocycles. The summed E-state index contributed by atoms with van der Waals surface area (Å²) >= 11 is 0. The largest absolute Gasteiger partial charge is 0.480 e. The van der Waals surface area contributed by atoms with Gasteiger partial charge in [-0.2, -0.15) is 5.10 Å². The van der Waals surface area contributed by atoms with Crippen LogP contribution in [0.15, 0.2) is 36.7 Å². The van der Waals surface area contributed by atoms with Gasteiger partial charge in [-0.3, -0.25) is 0 Å². The minimum atomic E-state index is -0.901. The number of aryl methyl sites for hydroxylation is 1. The topological polar surface area (TPSA) is 68.0 Å². The molecule has 17 heavy (non-hydrogen) atoms. The highest BCUT2D eigenvalue weighted by Crippen LogP contribution is 2.14. The Bertz CT molecular complexity index is 507. The molecule has 5 heteroatoms. The molecular weight excluding hydrogens is 218 g/mol. The van der Waals surface area contributed by atoms with Crippen LogP contribution in [0.25, 0.3) is 0 Å². The van der Waals surface area contributed by atoms with E-state index in [9.17, 15) is 9.90 Å². The summed E-state index contributed by atoms with van der Waals surface area (Å²) in [4.78, 5) is 15.2. The van der Waals surface area contributed by atoms with Crippen molar-refractivity contribution in [2.24, 2.45) is 0 Å². The van der Waals surface area contributed by atoms with Crippen LogP contribution in [0.4, 0.5) is 0 Å². The van der Waals surface area contributed by atoms with E-state index >= 15 is 0 Å². The molecule has 0 saturated carbocycles. The third-order valence-corrected chi connectivity index (χ3v) is 2.60. The number of hydrogen-bond donors (Lipinski definition) is 1. The molecule has 2 rings (SSSR count). The van der Waals surface area contributed by atoms with Gasteiger partial charge in [-0.25, -0.2) is 14.5 Å². The maximum atomic E-state index is 11.3. The maximum absolute atomic E-state index is 11.3. The van der Waals surface area contributed by atoms with E-state index in [4.69, 9.17) is 0 Å². The van der Waals surface area contributed by atoms with Crippen molar-refractivity contribution in [3.63, 3.8) is 0 Å². The molecule has 5 nitrogen and oxygen atoms in total. The fraction of sp³-hybridized carbons (Fsp3) is 0.250. The second kappa shape index (κ2) is 4.78. The van der Waals surface area contributed by atoms with Crippen molar-refractivity contribution in [3.05, 3.63) is 48.0 Å². The molecule has 0 fully saturated rings. The van der Waals surface area contributed by atoms with Gasteiger partial charge in [0.15, 0.2) is 6.04 Å². The SMILES string of the molecule is Cc1ncnn1C(Cc1ccccc1)C(=O)O. The fourth-order valence-electron chi connectivity index (χ4n) is 1.73. The van der Waals surface area contributed by atoms with E-state index in [1.165, 1.54) is 11.0 Å². The molecule has 2 aromatic rings. The lowest BCUT2D eigenvalue weighted by atomic mass is 10.1. The van der Waals surface area contributed by atoms with Crippen LogP contribution in [0, 0.1) is 6.92 Å². The molecule has 0 aliphatic carbocycles. The highest BCUT2D eigenvalue weighted by atomic mass is 16.4. The number of rotatable bonds is 4. The Morgan fingerprint density at radius 3 is 2.65 bits per heavy atom. The average molecular weight is 231 g/mol. The van der Waals surface area contributed by atoms with E-state index in [0.717, 1.165) is 5.56 Å². The smallest absolute Gasteiger partial charge is 0.328 e. The number of benzene rings is 1. The standard InChI is InChI=1S/C12H13N3O2/c1-9-13-8-14-15(9)11(12(16)17)7-10-5-3-2-4-6-10/h2-6,8,11H,7H2,1H3,(H,16,17). The lowest BCUT2D eigenvalue weighted by Crippen LogP contribution is -2.23. The van der Waals surface area contributed by atoms with Crippen LogP contribution in [0.3, 0.4) is 0 Å². The van der Waals surface area contributed by atoms with Crippen LogP contribution in [-0.4, -0.2) is 25.8 Å². The van der Waals surface area contributed by atoms with E-state index < -0.39 is 12.0 Å². The molecule has 0 bridgehead atoms. The zero-order chi connectivity index (χ0) is 12.3. The summed E-state index contributed by atoms with van der Waals surface area (Å²) in [6, 6.07) is 8.79. The number of carboxylic acid groups (broad SMARTS) is 1. The molecule has 1 aromatic heterocycles. The van der Waals surface area contributed by atoms with E-state index in [1.807, 2.05) is 30.3 Å². The lowest BCUT2D eigenvalue weighted by Gasteiger charge is -2.13. The summed E-state index contributed by atoms with van der Waals surface area (Å²) in [5, 5.41) is 13.2. The Labute approximate surface area is 98.7 Å². The van der Waals surface area contributed by atoms with Crippen LogP contribution in [0.5, 0.6) is 0 Å². The second-order valence-corrected chi connectivity index (χ2v) is 3.80. The van der Waals surface area contributed by atoms with Crippen LogP contribution in [-0.2, 0) is 11.2 Å². The number of aliphatic carboxylic acids is 1. The number of aromatic nitrogens is 3. The normalized spacial score (nSPS) is 12.3. The molecular formula is C12H13N3O2. The van der Waals surface area contributed by atoms with Crippen molar-refractivity contribution < 1.29 is 9.90 Å². The van der Waals surface area contributed by atoms with Crippen LogP contribution in [0.1, 0.15) is 17.4 Å². The predicted molar refractivity (Wildman–Crippen MR) is 61.6 cm³/mol. The molecule has 1 aromatic carbocycles. The first-order valence-electron chi connectivity index (χ1n) is 5.31. The second-order valence-electron chi connectivity index (χ2n) is 3.80. The first-order valence-corrected chi connectivity index (χ1v) is 5.31. The zero-order valence-corrected chi connectivity index (χ0v) is 9.45. The van der Waals surface area contributed by atoms with E-state index in [1.54, 1.807) is 6.92 Å². The number of carboxylic acids is 1. The third-order valence-electron chi connectivity index (χ3n) is 2.60. The molecule has 0 aliphatic heterocycles. The minimum absolute atomic E-state index is 0.403. The van der Waals surface area contributed by atoms with Gasteiger partial charge in [-0.1, -0.05) is 30.3 Å². The molecule has 0 amide bonds. The van der Waals surface area contributed by atoms with Gasteiger partial charge in [0.1, 0.15) is 12.2 Å². The van der Waals surface area contributed by atoms with Gasteiger partial charge in [-0.05, 0) is 12.5 Å². The summed E-state index contributed by atoms with van der Waals surface area (Å²) in [7, 11) is 0. The number of nitrogens with zero attached hydrogens (tertiary/aromatic N) is 3. The molecule has 0 spiro atoms. The quantitative estimate of drug-likeness (QED) is 0.864. The highest BCUT2D eigenvalue weighted by molar-refractivity contribution is 5.72. The lowest BCUT2D eigenvalue weighted by molar-refractivity contribution is -0.141. The predicted octanol–water partition coefficient (Wildman–Crippen LogP) is 1.45. The number of hydrogen-bond acceptors (Lipinski definition) is 3. The summed E-state index contributed by atoms with van der Waals surface area (Å²) in [6.45, 7) is 1.74. The minimum Gasteiger partial charge on any atom is -0.480 e. The Kier molecular flexibility index (Phi) is 3.18. The van der Waals surface area contributed by atoms with Crippen molar-refractivity contribution >= 4 is 5.97 Å². The van der Waals surface area contributed by atoms with Gasteiger partial charge < -0.3 is 5.11 Å². The highest BCUT2D eigenvalue weighted by Gasteiger charge is 2.22. The Morgan fingerprint density at radius 2 is 2.12 bits per heavy atom. The summed E-state index contributed by atoms with van der Waals surface area (Å²) in [5.74, 6) is -0.296. The summed E-state index contributed by atoms with van der Waals surface area (Å²) in [5.41, 5.74) is 0.967. The van der Waals surface area contributed by atoms with Gasteiger partial charge in [-0.15, -0.1) is 0 Å². The van der Waals surface area contributed by atoms with Gasteiger partial charge in [0.05, 0.1) is 0 Å². The zero-order valence-electron chi connectivity index (χ0n) is 9.45. The van der Waals surface area contributed by atoms with Crippen molar-refractivity contribution in [1.29, 1.82) is 0 Å². The Hall–Kier alpha value is -2.17. The molecule has 0 radical (unpaired) electrons. The van der Waals surface area contributed by atoms with Crippen molar-refractivity contribution in [2.45, 2.75) is 19.4 Å². The number of carbonyl (C=O) groups is 1. The molecule has 1 heterocycles. The maximum Gasteiger partial charge on any atom is 0.328 e. The van der Waals surface area contributed by atoms with Gasteiger partial charge in [0.25, 0.3) is 0 Å². The molecule has 0 aliphatic rings. The summed E-state index contributed by atoms with van der Waals surface area (Å²) < 4.78 is 1.44. The monoisotopic (exact) mass is 231 g/mol. The Morgan fingerprint density at radius 1 is 1.41 bits per heavy atom. The van der Waals surface area contributed by atoms with Crippen molar-refractivity contribution in [3.8, 4) is 0 Å². The Balaban J connectivity index is 2.26. The molecule has 1 atom stereocenters. The van der Waals surface area contributed by atoms with E-state index in [-0.39, 0.29) is 0 Å². The first-order chi connectivity index (χ1) is 8.18. The average Bonchev–Trinajstić information content (AvgIpc) is 2.73. The van der Waals surface area contributed by atoms with Crippen molar-refractivity contribution in [2.75, 3.05) is 0 Å². The fourth-order valence-corrected chi connectivity index (χ4v) is 1.73. The molecule has 88 valence electrons. The molecule has 1 unspecified atom stereocenters. The van der Waals surface area contributed by atoms with Crippen molar-refractivity contribution in [1.82, 2.24) is 14.8 Å². The van der Waals surface area contributed by atoms with Crippen LogP contribution in [0.2, 0.25) is 0 Å². The molecule has 1 N–H and O–H groups in total. The van der Waals surface area contributed by atoms with Gasteiger partial charge in [0, 0.05) is 6.42 Å². The third kappa shape index (κ3) is 2.50. The van der Waals surface area contributed by atoms with Crippen LogP contribution >= 0.6 is 0 Å². The van der Waals surface area contributed by atoms with E-state index in [2.05, 4.69) is 10.1 Å². The van der Waals surface area contributed by atoms with Gasteiger partial charge in [0.2, 0.25) is 0 Å². The summed E-state index contributed by atoms with van der Waals surface area (Å²) in [6.07, 6.45) is 1.77. The van der Waals surface area contributed by atoms with Crippen LogP contribution < -0.4 is 0 Å². The van der Waals surface area contributed by atoms with Gasteiger partial charge >= 0.3 is 5.97 Å².